The third-order valence-corrected chi connectivity index (χ3v) is 3.38. The number of aldehydes is 1. The van der Waals surface area contributed by atoms with Gasteiger partial charge in [-0.25, -0.2) is 4.79 Å². The van der Waals surface area contributed by atoms with Gasteiger partial charge in [-0.15, -0.1) is 0 Å². The Morgan fingerprint density at radius 3 is 2.64 bits per heavy atom. The van der Waals surface area contributed by atoms with Crippen LogP contribution in [0.25, 0.3) is 10.9 Å². The van der Waals surface area contributed by atoms with Gasteiger partial charge in [-0.2, -0.15) is 0 Å². The quantitative estimate of drug-likeness (QED) is 0.708. The van der Waals surface area contributed by atoms with Gasteiger partial charge >= 0.3 is 5.97 Å². The number of H-pyrrole nitrogens is 1. The molecule has 2 N–H and O–H groups in total. The molecule has 3 aromatic rings. The van der Waals surface area contributed by atoms with Crippen LogP contribution in [0.1, 0.15) is 26.4 Å². The molecule has 0 amide bonds. The number of carbonyl (C=O) groups is 2. The molecule has 0 saturated carbocycles. The van der Waals surface area contributed by atoms with E-state index in [2.05, 4.69) is 4.98 Å². The van der Waals surface area contributed by atoms with Gasteiger partial charge in [0.05, 0.1) is 5.52 Å². The molecule has 3 rings (SSSR count). The molecule has 1 aromatic heterocycles. The second-order valence-corrected chi connectivity index (χ2v) is 4.82. The summed E-state index contributed by atoms with van der Waals surface area (Å²) in [4.78, 5) is 24.9. The van der Waals surface area contributed by atoms with Gasteiger partial charge in [-0.3, -0.25) is 4.79 Å². The van der Waals surface area contributed by atoms with Crippen molar-refractivity contribution in [2.45, 2.75) is 6.61 Å². The van der Waals surface area contributed by atoms with Crippen LogP contribution in [0.4, 0.5) is 0 Å². The van der Waals surface area contributed by atoms with Crippen molar-refractivity contribution in [3.8, 4) is 5.75 Å². The Balaban J connectivity index is 1.99. The van der Waals surface area contributed by atoms with Crippen LogP contribution < -0.4 is 4.74 Å². The molecule has 0 fully saturated rings. The molecule has 0 spiro atoms. The largest absolute Gasteiger partial charge is 0.488 e. The molecule has 0 aliphatic rings. The van der Waals surface area contributed by atoms with E-state index in [0.29, 0.717) is 35.1 Å². The van der Waals surface area contributed by atoms with Crippen LogP contribution in [0.3, 0.4) is 0 Å². The third-order valence-electron chi connectivity index (χ3n) is 3.38. The van der Waals surface area contributed by atoms with Crippen molar-refractivity contribution in [2.24, 2.45) is 0 Å². The maximum atomic E-state index is 11.1. The first-order valence-electron chi connectivity index (χ1n) is 6.70. The maximum absolute atomic E-state index is 11.1. The number of carboxylic acids is 1. The summed E-state index contributed by atoms with van der Waals surface area (Å²) in [5, 5.41) is 9.67. The molecule has 0 atom stereocenters. The molecular formula is C17H13NO4. The van der Waals surface area contributed by atoms with Crippen molar-refractivity contribution < 1.29 is 19.4 Å². The summed E-state index contributed by atoms with van der Waals surface area (Å²) >= 11 is 0. The van der Waals surface area contributed by atoms with Gasteiger partial charge in [0.2, 0.25) is 0 Å². The molecule has 22 heavy (non-hydrogen) atoms. The lowest BCUT2D eigenvalue weighted by molar-refractivity contribution is 0.0691. The highest BCUT2D eigenvalue weighted by Crippen LogP contribution is 2.29. The number of hydrogen-bond donors (Lipinski definition) is 2. The Morgan fingerprint density at radius 2 is 1.95 bits per heavy atom. The number of hydrogen-bond acceptors (Lipinski definition) is 3. The highest BCUT2D eigenvalue weighted by Gasteiger charge is 2.14. The summed E-state index contributed by atoms with van der Waals surface area (Å²) in [5.74, 6) is -0.546. The number of benzene rings is 2. The summed E-state index contributed by atoms with van der Waals surface area (Å²) in [5.41, 5.74) is 1.89. The van der Waals surface area contributed by atoms with Crippen molar-refractivity contribution in [1.82, 2.24) is 4.98 Å². The zero-order valence-electron chi connectivity index (χ0n) is 11.6. The van der Waals surface area contributed by atoms with E-state index in [1.54, 1.807) is 12.1 Å². The number of ether oxygens (including phenoxy) is 1. The number of aromatic amines is 1. The van der Waals surface area contributed by atoms with E-state index in [4.69, 9.17) is 9.84 Å². The molecule has 0 aliphatic carbocycles. The number of aromatic carboxylic acids is 1. The molecule has 2 aromatic carbocycles. The van der Waals surface area contributed by atoms with Crippen molar-refractivity contribution in [3.63, 3.8) is 0 Å². The van der Waals surface area contributed by atoms with Gasteiger partial charge in [0, 0.05) is 10.9 Å². The predicted octanol–water partition coefficient (Wildman–Crippen LogP) is 3.26. The summed E-state index contributed by atoms with van der Waals surface area (Å²) in [6.07, 6.45) is 0.686. The number of carbonyl (C=O) groups excluding carboxylic acids is 1. The minimum absolute atomic E-state index is 0.0221. The Morgan fingerprint density at radius 1 is 1.18 bits per heavy atom. The third kappa shape index (κ3) is 2.56. The standard InChI is InChI=1S/C17H13NO4/c19-9-12-6-7-15(22-10-11-4-2-1-3-5-11)13-8-14(17(20)21)18-16(12)13/h1-9,18H,10H2,(H,20,21). The monoisotopic (exact) mass is 295 g/mol. The first-order chi connectivity index (χ1) is 10.7. The molecule has 0 aliphatic heterocycles. The Hall–Kier alpha value is -3.08. The van der Waals surface area contributed by atoms with Gasteiger partial charge < -0.3 is 14.8 Å². The van der Waals surface area contributed by atoms with E-state index in [-0.39, 0.29) is 5.69 Å². The SMILES string of the molecule is O=Cc1ccc(OCc2ccccc2)c2cc(C(=O)O)[nH]c12. The van der Waals surface area contributed by atoms with Crippen molar-refractivity contribution in [1.29, 1.82) is 0 Å². The smallest absolute Gasteiger partial charge is 0.352 e. The first-order valence-corrected chi connectivity index (χ1v) is 6.70. The van der Waals surface area contributed by atoms with Crippen LogP contribution in [-0.2, 0) is 6.61 Å². The lowest BCUT2D eigenvalue weighted by Gasteiger charge is -2.08. The zero-order chi connectivity index (χ0) is 15.5. The molecular weight excluding hydrogens is 282 g/mol. The number of fused-ring (bicyclic) bond motifs is 1. The summed E-state index contributed by atoms with van der Waals surface area (Å²) < 4.78 is 5.77. The lowest BCUT2D eigenvalue weighted by atomic mass is 10.1. The highest BCUT2D eigenvalue weighted by atomic mass is 16.5. The number of rotatable bonds is 5. The van der Waals surface area contributed by atoms with Crippen LogP contribution in [0.2, 0.25) is 0 Å². The van der Waals surface area contributed by atoms with Crippen LogP contribution in [-0.4, -0.2) is 22.3 Å². The lowest BCUT2D eigenvalue weighted by Crippen LogP contribution is -1.96. The van der Waals surface area contributed by atoms with Crippen molar-refractivity contribution >= 4 is 23.2 Å². The number of nitrogens with one attached hydrogen (secondary N) is 1. The van der Waals surface area contributed by atoms with Gasteiger partial charge in [-0.05, 0) is 23.8 Å². The van der Waals surface area contributed by atoms with E-state index < -0.39 is 5.97 Å². The minimum Gasteiger partial charge on any atom is -0.488 e. The van der Waals surface area contributed by atoms with Crippen molar-refractivity contribution in [3.05, 3.63) is 65.4 Å². The summed E-state index contributed by atoms with van der Waals surface area (Å²) in [6, 6.07) is 14.4. The zero-order valence-corrected chi connectivity index (χ0v) is 11.6. The highest BCUT2D eigenvalue weighted by molar-refractivity contribution is 6.03. The Bertz CT molecular complexity index is 836. The normalized spacial score (nSPS) is 10.5. The molecule has 5 nitrogen and oxygen atoms in total. The summed E-state index contributed by atoms with van der Waals surface area (Å²) in [6.45, 7) is 0.365. The fourth-order valence-electron chi connectivity index (χ4n) is 2.29. The molecule has 0 bridgehead atoms. The van der Waals surface area contributed by atoms with E-state index in [0.717, 1.165) is 5.56 Å². The fourth-order valence-corrected chi connectivity index (χ4v) is 2.29. The maximum Gasteiger partial charge on any atom is 0.352 e. The average molecular weight is 295 g/mol. The Labute approximate surface area is 126 Å². The van der Waals surface area contributed by atoms with Crippen LogP contribution in [0.5, 0.6) is 5.75 Å². The van der Waals surface area contributed by atoms with Crippen LogP contribution in [0.15, 0.2) is 48.5 Å². The molecule has 0 radical (unpaired) electrons. The van der Waals surface area contributed by atoms with Gasteiger partial charge in [0.15, 0.2) is 6.29 Å². The van der Waals surface area contributed by atoms with Crippen LogP contribution in [0, 0.1) is 0 Å². The van der Waals surface area contributed by atoms with E-state index in [1.807, 2.05) is 30.3 Å². The second kappa shape index (κ2) is 5.73. The van der Waals surface area contributed by atoms with Crippen molar-refractivity contribution in [2.75, 3.05) is 0 Å². The van der Waals surface area contributed by atoms with E-state index in [1.165, 1.54) is 6.07 Å². The minimum atomic E-state index is -1.08. The van der Waals surface area contributed by atoms with E-state index in [9.17, 15) is 9.59 Å². The topological polar surface area (TPSA) is 79.4 Å². The molecule has 110 valence electrons. The Kier molecular flexibility index (Phi) is 3.62. The molecule has 0 unspecified atom stereocenters. The first kappa shape index (κ1) is 13.9. The molecule has 5 heteroatoms. The number of aromatic nitrogens is 1. The summed E-state index contributed by atoms with van der Waals surface area (Å²) in [7, 11) is 0. The predicted molar refractivity (Wildman–Crippen MR) is 81.4 cm³/mol. The molecule has 0 saturated heterocycles. The number of carboxylic acid groups (broad SMARTS) is 1. The second-order valence-electron chi connectivity index (χ2n) is 4.82. The van der Waals surface area contributed by atoms with Gasteiger partial charge in [0.1, 0.15) is 18.1 Å². The molecule has 1 heterocycles. The van der Waals surface area contributed by atoms with Gasteiger partial charge in [0.25, 0.3) is 0 Å². The average Bonchev–Trinajstić information content (AvgIpc) is 2.99. The van der Waals surface area contributed by atoms with Gasteiger partial charge in [-0.1, -0.05) is 30.3 Å². The van der Waals surface area contributed by atoms with E-state index >= 15 is 0 Å². The van der Waals surface area contributed by atoms with Crippen LogP contribution >= 0.6 is 0 Å². The fraction of sp³-hybridized carbons (Fsp3) is 0.0588.